The standard InChI is InChI=1S/C20H14N4O.4C3H4N2.Ru/c1-25-13-8-6-12(7-9-13)20-23-18-14-4-2-10-21-16(14)17-15(19(18)24-20)5-3-11-22-17;4*1-2-5-3-4-1;/h2-11H,1H3,(H,23,24);4*1-3H,(H,4,5);/q;;;;;+3. The number of H-pyrrole nitrogens is 5. The summed E-state index contributed by atoms with van der Waals surface area (Å²) in [4.78, 5) is 43.1. The number of methoxy groups -OCH3 is 1. The molecule has 0 bridgehead atoms. The van der Waals surface area contributed by atoms with Crippen LogP contribution < -0.4 is 4.74 Å². The van der Waals surface area contributed by atoms with Crippen molar-refractivity contribution < 1.29 is 24.2 Å². The van der Waals surface area contributed by atoms with Crippen molar-refractivity contribution in [3.05, 3.63) is 136 Å². The molecular weight excluding hydrogens is 670 g/mol. The van der Waals surface area contributed by atoms with Gasteiger partial charge in [-0.2, -0.15) is 0 Å². The van der Waals surface area contributed by atoms with Crippen molar-refractivity contribution in [3.8, 4) is 17.1 Å². The number of imidazole rings is 5. The molecule has 46 heavy (non-hydrogen) atoms. The quantitative estimate of drug-likeness (QED) is 0.108. The van der Waals surface area contributed by atoms with Crippen molar-refractivity contribution in [2.24, 2.45) is 0 Å². The van der Waals surface area contributed by atoms with Gasteiger partial charge in [-0.1, -0.05) is 0 Å². The first-order chi connectivity index (χ1) is 22.3. The van der Waals surface area contributed by atoms with Crippen molar-refractivity contribution >= 4 is 32.8 Å². The first-order valence-corrected chi connectivity index (χ1v) is 13.7. The number of aromatic nitrogens is 12. The van der Waals surface area contributed by atoms with E-state index in [0.29, 0.717) is 0 Å². The zero-order chi connectivity index (χ0) is 30.9. The SMILES string of the molecule is COc1ccc(-c2nc3c4cccnc4c4ncccc4c3[nH]2)cc1.[Ru+3].c1c[nH]cn1.c1c[nH]cn1.c1c[nH]cn1.c1c[nH]cn1. The van der Waals surface area contributed by atoms with E-state index in [1.54, 1.807) is 94.4 Å². The van der Waals surface area contributed by atoms with E-state index < -0.39 is 0 Å². The van der Waals surface area contributed by atoms with Gasteiger partial charge in [0.05, 0.1) is 54.5 Å². The van der Waals surface area contributed by atoms with Crippen LogP contribution in [0.5, 0.6) is 5.75 Å². The molecule has 0 saturated carbocycles. The van der Waals surface area contributed by atoms with Gasteiger partial charge in [0.1, 0.15) is 11.6 Å². The molecule has 7 heterocycles. The van der Waals surface area contributed by atoms with Gasteiger partial charge in [-0.05, 0) is 48.5 Å². The van der Waals surface area contributed by atoms with Gasteiger partial charge in [0.2, 0.25) is 0 Å². The largest absolute Gasteiger partial charge is 3.00 e. The molecule has 0 aliphatic rings. The van der Waals surface area contributed by atoms with E-state index in [2.05, 4.69) is 60.9 Å². The molecule has 0 aliphatic carbocycles. The van der Waals surface area contributed by atoms with Crippen LogP contribution in [0.1, 0.15) is 0 Å². The normalized spacial score (nSPS) is 9.67. The predicted molar refractivity (Wildman–Crippen MR) is 173 cm³/mol. The first kappa shape index (κ1) is 32.9. The van der Waals surface area contributed by atoms with Gasteiger partial charge < -0.3 is 29.7 Å². The first-order valence-electron chi connectivity index (χ1n) is 13.7. The van der Waals surface area contributed by atoms with Crippen molar-refractivity contribution in [1.82, 2.24) is 59.8 Å². The number of benzene rings is 2. The van der Waals surface area contributed by atoms with Crippen LogP contribution in [0.25, 0.3) is 44.2 Å². The van der Waals surface area contributed by atoms with Crippen LogP contribution in [-0.2, 0) is 19.5 Å². The molecule has 0 amide bonds. The van der Waals surface area contributed by atoms with E-state index >= 15 is 0 Å². The number of nitrogens with one attached hydrogen (secondary N) is 5. The maximum absolute atomic E-state index is 5.23. The number of hydrogen-bond donors (Lipinski definition) is 5. The van der Waals surface area contributed by atoms with E-state index in [9.17, 15) is 0 Å². The van der Waals surface area contributed by atoms with E-state index in [1.807, 2.05) is 42.5 Å². The van der Waals surface area contributed by atoms with Crippen molar-refractivity contribution in [3.63, 3.8) is 0 Å². The Morgan fingerprint density at radius 3 is 1.43 bits per heavy atom. The molecular formula is C32H30N12ORu+3. The summed E-state index contributed by atoms with van der Waals surface area (Å²) in [6.07, 6.45) is 23.9. The molecule has 14 heteroatoms. The molecule has 9 rings (SSSR count). The number of rotatable bonds is 2. The second kappa shape index (κ2) is 18.0. The van der Waals surface area contributed by atoms with Crippen LogP contribution in [0.15, 0.2) is 136 Å². The second-order valence-corrected chi connectivity index (χ2v) is 8.88. The maximum Gasteiger partial charge on any atom is 3.00 e. The van der Waals surface area contributed by atoms with Crippen LogP contribution in [0.4, 0.5) is 0 Å². The van der Waals surface area contributed by atoms with Gasteiger partial charge in [0.25, 0.3) is 0 Å². The van der Waals surface area contributed by atoms with Crippen molar-refractivity contribution in [1.29, 1.82) is 0 Å². The van der Waals surface area contributed by atoms with Crippen LogP contribution in [0, 0.1) is 0 Å². The third-order valence-corrected chi connectivity index (χ3v) is 6.06. The minimum atomic E-state index is 0. The molecule has 0 fully saturated rings. The predicted octanol–water partition coefficient (Wildman–Crippen LogP) is 5.97. The molecule has 7 aromatic heterocycles. The number of pyridine rings is 2. The number of aromatic amines is 5. The van der Waals surface area contributed by atoms with Gasteiger partial charge in [-0.15, -0.1) is 0 Å². The summed E-state index contributed by atoms with van der Waals surface area (Å²) < 4.78 is 5.23. The topological polar surface area (TPSA) is 178 Å². The Morgan fingerprint density at radius 1 is 0.543 bits per heavy atom. The second-order valence-electron chi connectivity index (χ2n) is 8.88. The van der Waals surface area contributed by atoms with Gasteiger partial charge in [-0.25, -0.2) is 24.9 Å². The Morgan fingerprint density at radius 2 is 1.02 bits per heavy atom. The Kier molecular flexibility index (Phi) is 12.8. The molecule has 5 N–H and O–H groups in total. The summed E-state index contributed by atoms with van der Waals surface area (Å²) >= 11 is 0. The third kappa shape index (κ3) is 9.00. The summed E-state index contributed by atoms with van der Waals surface area (Å²) in [5.74, 6) is 1.64. The van der Waals surface area contributed by atoms with Gasteiger partial charge in [0, 0.05) is 78.3 Å². The van der Waals surface area contributed by atoms with Gasteiger partial charge in [-0.3, -0.25) is 9.97 Å². The average molecular weight is 700 g/mol. The van der Waals surface area contributed by atoms with Crippen LogP contribution in [0.2, 0.25) is 0 Å². The fourth-order valence-corrected chi connectivity index (χ4v) is 4.09. The molecule has 229 valence electrons. The monoisotopic (exact) mass is 700 g/mol. The minimum Gasteiger partial charge on any atom is -0.497 e. The molecule has 13 nitrogen and oxygen atoms in total. The molecule has 0 aliphatic heterocycles. The Labute approximate surface area is 276 Å². The third-order valence-electron chi connectivity index (χ3n) is 6.06. The van der Waals surface area contributed by atoms with E-state index in [0.717, 1.165) is 50.0 Å². The molecule has 0 saturated heterocycles. The van der Waals surface area contributed by atoms with E-state index in [-0.39, 0.29) is 19.5 Å². The smallest absolute Gasteiger partial charge is 0.497 e. The molecule has 1 radical (unpaired) electrons. The van der Waals surface area contributed by atoms with E-state index in [4.69, 9.17) is 9.72 Å². The zero-order valence-corrected chi connectivity index (χ0v) is 26.3. The van der Waals surface area contributed by atoms with Gasteiger partial charge >= 0.3 is 19.5 Å². The Hall–Kier alpha value is -6.01. The molecule has 2 aromatic carbocycles. The number of hydrogen-bond acceptors (Lipinski definition) is 8. The fourth-order valence-electron chi connectivity index (χ4n) is 4.09. The van der Waals surface area contributed by atoms with Crippen LogP contribution in [0.3, 0.4) is 0 Å². The summed E-state index contributed by atoms with van der Waals surface area (Å²) in [6.45, 7) is 0. The maximum atomic E-state index is 5.23. The van der Waals surface area contributed by atoms with Crippen LogP contribution in [-0.4, -0.2) is 66.9 Å². The minimum absolute atomic E-state index is 0. The number of nitrogens with zero attached hydrogens (tertiary/aromatic N) is 7. The van der Waals surface area contributed by atoms with Gasteiger partial charge in [0.15, 0.2) is 0 Å². The van der Waals surface area contributed by atoms with E-state index in [1.165, 1.54) is 0 Å². The zero-order valence-electron chi connectivity index (χ0n) is 24.6. The molecule has 0 spiro atoms. The summed E-state index contributed by atoms with van der Waals surface area (Å²) in [5, 5.41) is 2.02. The van der Waals surface area contributed by atoms with Crippen molar-refractivity contribution in [2.45, 2.75) is 0 Å². The Bertz CT molecular complexity index is 1790. The molecule has 0 atom stereocenters. The summed E-state index contributed by atoms with van der Waals surface area (Å²) in [6, 6.07) is 15.8. The fraction of sp³-hybridized carbons (Fsp3) is 0.0312. The average Bonchev–Trinajstić information content (AvgIpc) is 3.96. The molecule has 9 aromatic rings. The molecule has 0 unspecified atom stereocenters. The van der Waals surface area contributed by atoms with Crippen LogP contribution >= 0.6 is 0 Å². The summed E-state index contributed by atoms with van der Waals surface area (Å²) in [5.41, 5.74) is 4.66. The number of fused-ring (bicyclic) bond motifs is 6. The summed E-state index contributed by atoms with van der Waals surface area (Å²) in [7, 11) is 1.66. The Balaban J connectivity index is 0.000000183. The van der Waals surface area contributed by atoms with Crippen molar-refractivity contribution in [2.75, 3.05) is 7.11 Å². The number of ether oxygens (including phenoxy) is 1.